The number of benzene rings is 2. The summed E-state index contributed by atoms with van der Waals surface area (Å²) in [5.74, 6) is -1.53. The van der Waals surface area contributed by atoms with E-state index in [0.29, 0.717) is 0 Å². The van der Waals surface area contributed by atoms with Crippen LogP contribution in [0.1, 0.15) is 33.9 Å². The Bertz CT molecular complexity index is 1290. The third-order valence-corrected chi connectivity index (χ3v) is 5.48. The van der Waals surface area contributed by atoms with Crippen molar-refractivity contribution in [1.82, 2.24) is 9.55 Å². The average molecular weight is 468 g/mol. The van der Waals surface area contributed by atoms with Crippen molar-refractivity contribution in [2.45, 2.75) is 31.0 Å². The zero-order valence-corrected chi connectivity index (χ0v) is 18.1. The summed E-state index contributed by atoms with van der Waals surface area (Å²) in [6, 6.07) is 17.1. The lowest BCUT2D eigenvalue weighted by molar-refractivity contribution is -0.103. The van der Waals surface area contributed by atoms with Crippen molar-refractivity contribution in [2.24, 2.45) is 0 Å². The van der Waals surface area contributed by atoms with Gasteiger partial charge in [-0.25, -0.2) is 18.8 Å². The highest BCUT2D eigenvalue weighted by Gasteiger charge is 2.59. The van der Waals surface area contributed by atoms with Gasteiger partial charge in [-0.2, -0.15) is 0 Å². The van der Waals surface area contributed by atoms with E-state index in [2.05, 4.69) is 4.98 Å². The van der Waals surface area contributed by atoms with E-state index in [1.165, 1.54) is 19.1 Å². The Morgan fingerprint density at radius 1 is 1.00 bits per heavy atom. The zero-order valence-electron chi connectivity index (χ0n) is 18.1. The summed E-state index contributed by atoms with van der Waals surface area (Å²) in [4.78, 5) is 51.0. The lowest BCUT2D eigenvalue weighted by Gasteiger charge is -2.31. The molecule has 34 heavy (non-hydrogen) atoms. The number of aromatic nitrogens is 2. The molecule has 3 aromatic rings. The first-order valence-corrected chi connectivity index (χ1v) is 10.4. The molecule has 0 radical (unpaired) electrons. The topological polar surface area (TPSA) is 117 Å². The van der Waals surface area contributed by atoms with E-state index in [9.17, 15) is 19.2 Å². The van der Waals surface area contributed by atoms with Crippen molar-refractivity contribution in [3.05, 3.63) is 105 Å². The lowest BCUT2D eigenvalue weighted by atomic mass is 9.97. The summed E-state index contributed by atoms with van der Waals surface area (Å²) in [7, 11) is 0. The smallest absolute Gasteiger partial charge is 0.338 e. The van der Waals surface area contributed by atoms with Gasteiger partial charge in [0.1, 0.15) is 12.7 Å². The molecule has 1 aliphatic heterocycles. The van der Waals surface area contributed by atoms with Gasteiger partial charge in [-0.15, -0.1) is 0 Å². The van der Waals surface area contributed by atoms with Crippen LogP contribution in [0.15, 0.2) is 82.5 Å². The van der Waals surface area contributed by atoms with Crippen LogP contribution in [0, 0.1) is 0 Å². The predicted octanol–water partition coefficient (Wildman–Crippen LogP) is 2.24. The van der Waals surface area contributed by atoms with Crippen LogP contribution in [0.2, 0.25) is 0 Å². The highest BCUT2D eigenvalue weighted by molar-refractivity contribution is 5.90. The molecule has 10 heteroatoms. The highest BCUT2D eigenvalue weighted by atomic mass is 19.1. The van der Waals surface area contributed by atoms with Crippen molar-refractivity contribution in [1.29, 1.82) is 0 Å². The van der Waals surface area contributed by atoms with Crippen LogP contribution in [0.25, 0.3) is 0 Å². The van der Waals surface area contributed by atoms with E-state index in [4.69, 9.17) is 14.2 Å². The minimum Gasteiger partial charge on any atom is -0.459 e. The summed E-state index contributed by atoms with van der Waals surface area (Å²) in [6.07, 6.45) is -3.66. The van der Waals surface area contributed by atoms with Crippen LogP contribution in [-0.4, -0.2) is 46.0 Å². The first-order chi connectivity index (χ1) is 16.3. The Morgan fingerprint density at radius 2 is 1.59 bits per heavy atom. The maximum atomic E-state index is 15.7. The normalized spacial score (nSPS) is 23.9. The van der Waals surface area contributed by atoms with Crippen molar-refractivity contribution in [3.63, 3.8) is 0 Å². The quantitative estimate of drug-likeness (QED) is 0.552. The van der Waals surface area contributed by atoms with E-state index < -0.39 is 53.9 Å². The fraction of sp³-hybridized carbons (Fsp3) is 0.250. The van der Waals surface area contributed by atoms with Crippen LogP contribution < -0.4 is 11.2 Å². The zero-order chi connectivity index (χ0) is 24.3. The number of carbonyl (C=O) groups is 2. The molecule has 1 fully saturated rings. The van der Waals surface area contributed by atoms with Gasteiger partial charge in [0.05, 0.1) is 11.1 Å². The van der Waals surface area contributed by atoms with Gasteiger partial charge in [-0.3, -0.25) is 14.3 Å². The van der Waals surface area contributed by atoms with Gasteiger partial charge in [-0.1, -0.05) is 36.4 Å². The number of hydrogen-bond donors (Lipinski definition) is 1. The molecule has 4 unspecified atom stereocenters. The summed E-state index contributed by atoms with van der Waals surface area (Å²) in [6.45, 7) is 0.779. The molecular weight excluding hydrogens is 447 g/mol. The summed E-state index contributed by atoms with van der Waals surface area (Å²) < 4.78 is 33.1. The average Bonchev–Trinajstić information content (AvgIpc) is 3.08. The maximum absolute atomic E-state index is 15.7. The fourth-order valence-corrected chi connectivity index (χ4v) is 3.71. The van der Waals surface area contributed by atoms with Crippen molar-refractivity contribution in [3.8, 4) is 0 Å². The van der Waals surface area contributed by atoms with Gasteiger partial charge in [0.15, 0.2) is 18.0 Å². The number of aromatic amines is 1. The molecular formula is C24H21FN2O7. The molecule has 1 N–H and O–H groups in total. The molecule has 0 spiro atoms. The minimum absolute atomic E-state index is 0.169. The molecule has 4 atom stereocenters. The molecule has 4 rings (SSSR count). The van der Waals surface area contributed by atoms with E-state index in [0.717, 1.165) is 16.8 Å². The van der Waals surface area contributed by atoms with Gasteiger partial charge < -0.3 is 14.2 Å². The summed E-state index contributed by atoms with van der Waals surface area (Å²) in [5.41, 5.74) is -3.09. The van der Waals surface area contributed by atoms with E-state index in [1.54, 1.807) is 48.5 Å². The SMILES string of the molecule is CC1(OC(=O)c2ccccc2)C(F)C(COC(=O)c2ccccc2)OC1n1ccc(=O)[nH]c1=O. The van der Waals surface area contributed by atoms with Gasteiger partial charge >= 0.3 is 17.6 Å². The van der Waals surface area contributed by atoms with Crippen LogP contribution in [-0.2, 0) is 14.2 Å². The third-order valence-electron chi connectivity index (χ3n) is 5.48. The molecule has 0 aliphatic carbocycles. The Hall–Kier alpha value is -4.05. The third kappa shape index (κ3) is 4.53. The number of halogens is 1. The molecule has 2 aromatic carbocycles. The number of alkyl halides is 1. The first-order valence-electron chi connectivity index (χ1n) is 10.4. The molecule has 0 bridgehead atoms. The monoisotopic (exact) mass is 468 g/mol. The number of carbonyl (C=O) groups excluding carboxylic acids is 2. The standard InChI is InChI=1S/C24H21FN2O7/c1-24(34-21(30)16-10-6-3-7-11-16)19(25)17(14-32-20(29)15-8-4-2-5-9-15)33-22(24)27-13-12-18(28)26-23(27)31/h2-13,17,19,22H,14H2,1H3,(H,26,28,31). The molecule has 9 nitrogen and oxygen atoms in total. The highest BCUT2D eigenvalue weighted by Crippen LogP contribution is 2.43. The Balaban J connectivity index is 1.62. The second kappa shape index (κ2) is 9.44. The Kier molecular flexibility index (Phi) is 6.42. The number of hydrogen-bond acceptors (Lipinski definition) is 7. The van der Waals surface area contributed by atoms with Gasteiger partial charge in [0, 0.05) is 12.3 Å². The first kappa shape index (κ1) is 23.1. The Labute approximate surface area is 192 Å². The molecule has 0 amide bonds. The van der Waals surface area contributed by atoms with Crippen LogP contribution in [0.4, 0.5) is 4.39 Å². The largest absolute Gasteiger partial charge is 0.459 e. The molecule has 176 valence electrons. The predicted molar refractivity (Wildman–Crippen MR) is 117 cm³/mol. The van der Waals surface area contributed by atoms with E-state index in [1.807, 2.05) is 0 Å². The van der Waals surface area contributed by atoms with E-state index >= 15 is 4.39 Å². The van der Waals surface area contributed by atoms with Gasteiger partial charge in [-0.05, 0) is 31.2 Å². The van der Waals surface area contributed by atoms with E-state index in [-0.39, 0.29) is 11.1 Å². The number of rotatable bonds is 6. The summed E-state index contributed by atoms with van der Waals surface area (Å²) >= 11 is 0. The minimum atomic E-state index is -1.99. The number of H-pyrrole nitrogens is 1. The van der Waals surface area contributed by atoms with Crippen molar-refractivity contribution < 1.29 is 28.2 Å². The second-order valence-corrected chi connectivity index (χ2v) is 7.85. The number of nitrogens with zero attached hydrogens (tertiary/aromatic N) is 1. The molecule has 1 aliphatic rings. The van der Waals surface area contributed by atoms with Crippen LogP contribution >= 0.6 is 0 Å². The lowest BCUT2D eigenvalue weighted by Crippen LogP contribution is -2.48. The number of esters is 2. The maximum Gasteiger partial charge on any atom is 0.338 e. The van der Waals surface area contributed by atoms with Gasteiger partial charge in [0.25, 0.3) is 5.56 Å². The second-order valence-electron chi connectivity index (χ2n) is 7.85. The Morgan fingerprint density at radius 3 is 2.18 bits per heavy atom. The summed E-state index contributed by atoms with van der Waals surface area (Å²) in [5, 5.41) is 0. The molecule has 1 aromatic heterocycles. The molecule has 1 saturated heterocycles. The van der Waals surface area contributed by atoms with Crippen molar-refractivity contribution >= 4 is 11.9 Å². The van der Waals surface area contributed by atoms with Gasteiger partial charge in [0.2, 0.25) is 0 Å². The fourth-order valence-electron chi connectivity index (χ4n) is 3.71. The van der Waals surface area contributed by atoms with Crippen molar-refractivity contribution in [2.75, 3.05) is 6.61 Å². The number of nitrogens with one attached hydrogen (secondary N) is 1. The van der Waals surface area contributed by atoms with Crippen LogP contribution in [0.3, 0.4) is 0 Å². The molecule has 2 heterocycles. The number of ether oxygens (including phenoxy) is 3. The molecule has 0 saturated carbocycles. The van der Waals surface area contributed by atoms with Crippen LogP contribution in [0.5, 0.6) is 0 Å².